The van der Waals surface area contributed by atoms with Crippen LogP contribution in [0.3, 0.4) is 0 Å². The van der Waals surface area contributed by atoms with Gasteiger partial charge in [0.2, 0.25) is 0 Å². The fourth-order valence-electron chi connectivity index (χ4n) is 3.21. The zero-order valence-electron chi connectivity index (χ0n) is 13.3. The number of sulfone groups is 1. The number of hydrogen-bond donors (Lipinski definition) is 1. The molecule has 2 aliphatic rings. The Morgan fingerprint density at radius 2 is 2.12 bits per heavy atom. The van der Waals surface area contributed by atoms with E-state index in [-0.39, 0.29) is 10.0 Å². The van der Waals surface area contributed by atoms with Crippen molar-refractivity contribution in [3.05, 3.63) is 34.3 Å². The van der Waals surface area contributed by atoms with Crippen LogP contribution in [-0.2, 0) is 20.2 Å². The molecule has 1 fully saturated rings. The minimum atomic E-state index is -3.47. The van der Waals surface area contributed by atoms with Crippen LogP contribution in [-0.4, -0.2) is 37.9 Å². The van der Waals surface area contributed by atoms with E-state index in [1.54, 1.807) is 0 Å². The molecule has 5 nitrogen and oxygen atoms in total. The number of hydrogen-bond acceptors (Lipinski definition) is 5. The van der Waals surface area contributed by atoms with Gasteiger partial charge in [-0.25, -0.2) is 13.4 Å². The lowest BCUT2D eigenvalue weighted by atomic mass is 9.85. The summed E-state index contributed by atoms with van der Waals surface area (Å²) < 4.78 is 30.4. The number of benzene rings is 1. The normalized spacial score (nSPS) is 25.4. The van der Waals surface area contributed by atoms with Crippen LogP contribution in [0, 0.1) is 5.92 Å². The molecule has 0 aromatic heterocycles. The van der Waals surface area contributed by atoms with Crippen LogP contribution in [0.2, 0.25) is 0 Å². The lowest BCUT2D eigenvalue weighted by molar-refractivity contribution is 0.0552. The molecule has 0 saturated carbocycles. The van der Waals surface area contributed by atoms with E-state index in [4.69, 9.17) is 17.0 Å². The molecular formula is C16H19BrN2O3S2. The second-order valence-electron chi connectivity index (χ2n) is 6.27. The molecule has 24 heavy (non-hydrogen) atoms. The largest absolute Gasteiger partial charge is 0.381 e. The molecule has 130 valence electrons. The molecule has 1 saturated heterocycles. The minimum absolute atomic E-state index is 0.0236. The average molecular weight is 431 g/mol. The van der Waals surface area contributed by atoms with E-state index in [1.807, 2.05) is 24.3 Å². The van der Waals surface area contributed by atoms with Gasteiger partial charge in [-0.3, -0.25) is 0 Å². The van der Waals surface area contributed by atoms with Crippen molar-refractivity contribution in [1.82, 2.24) is 5.32 Å². The fourth-order valence-corrected chi connectivity index (χ4v) is 4.99. The molecule has 8 heteroatoms. The van der Waals surface area contributed by atoms with Crippen molar-refractivity contribution in [2.24, 2.45) is 10.9 Å². The molecule has 1 atom stereocenters. The van der Waals surface area contributed by atoms with Crippen molar-refractivity contribution < 1.29 is 13.2 Å². The van der Waals surface area contributed by atoms with E-state index in [0.717, 1.165) is 42.3 Å². The highest BCUT2D eigenvalue weighted by Crippen LogP contribution is 2.38. The highest BCUT2D eigenvalue weighted by atomic mass is 79.9. The summed E-state index contributed by atoms with van der Waals surface area (Å²) in [6.07, 6.45) is 3.71. The van der Waals surface area contributed by atoms with Crippen LogP contribution >= 0.6 is 28.1 Å². The van der Waals surface area contributed by atoms with Crippen molar-refractivity contribution in [3.63, 3.8) is 0 Å². The minimum Gasteiger partial charge on any atom is -0.381 e. The van der Waals surface area contributed by atoms with Crippen LogP contribution in [0.5, 0.6) is 0 Å². The molecule has 0 aliphatic carbocycles. The SMILES string of the molecule is CS(=O)(=O)C1=NC(CC2CCOCC2)(c2cccc(Br)c2)NC1=S. The summed E-state index contributed by atoms with van der Waals surface area (Å²) in [5, 5.41) is 3.18. The first-order valence-corrected chi connectivity index (χ1v) is 10.9. The fraction of sp³-hybridized carbons (Fsp3) is 0.500. The number of thiocarbonyl (C=S) groups is 1. The first-order valence-electron chi connectivity index (χ1n) is 7.76. The third kappa shape index (κ3) is 3.71. The quantitative estimate of drug-likeness (QED) is 0.746. The summed E-state index contributed by atoms with van der Waals surface area (Å²) in [7, 11) is -3.47. The third-order valence-electron chi connectivity index (χ3n) is 4.39. The Balaban J connectivity index is 2.05. The molecule has 1 unspecified atom stereocenters. The van der Waals surface area contributed by atoms with E-state index in [0.29, 0.717) is 12.3 Å². The number of nitrogens with one attached hydrogen (secondary N) is 1. The highest BCUT2D eigenvalue weighted by molar-refractivity contribution is 9.10. The molecule has 1 aromatic carbocycles. The molecule has 0 bridgehead atoms. The maximum absolute atomic E-state index is 12.0. The number of ether oxygens (including phenoxy) is 1. The summed E-state index contributed by atoms with van der Waals surface area (Å²) >= 11 is 8.76. The van der Waals surface area contributed by atoms with Gasteiger partial charge in [0.15, 0.2) is 20.5 Å². The molecule has 0 radical (unpaired) electrons. The van der Waals surface area contributed by atoms with Crippen molar-refractivity contribution in [2.75, 3.05) is 19.5 Å². The van der Waals surface area contributed by atoms with Gasteiger partial charge in [-0.15, -0.1) is 0 Å². The maximum Gasteiger partial charge on any atom is 0.195 e. The molecule has 3 rings (SSSR count). The van der Waals surface area contributed by atoms with Crippen LogP contribution < -0.4 is 5.32 Å². The smallest absolute Gasteiger partial charge is 0.195 e. The van der Waals surface area contributed by atoms with E-state index in [2.05, 4.69) is 26.2 Å². The van der Waals surface area contributed by atoms with Crippen LogP contribution in [0.15, 0.2) is 33.7 Å². The van der Waals surface area contributed by atoms with Gasteiger partial charge in [0.05, 0.1) is 0 Å². The molecule has 1 aromatic rings. The Labute approximate surface area is 155 Å². The lowest BCUT2D eigenvalue weighted by Crippen LogP contribution is -2.42. The predicted octanol–water partition coefficient (Wildman–Crippen LogP) is 2.79. The Hall–Kier alpha value is -0.830. The molecule has 0 amide bonds. The zero-order valence-corrected chi connectivity index (χ0v) is 16.5. The van der Waals surface area contributed by atoms with Crippen LogP contribution in [0.1, 0.15) is 24.8 Å². The molecule has 2 aliphatic heterocycles. The van der Waals surface area contributed by atoms with Crippen LogP contribution in [0.4, 0.5) is 0 Å². The van der Waals surface area contributed by atoms with E-state index < -0.39 is 15.5 Å². The van der Waals surface area contributed by atoms with Crippen molar-refractivity contribution in [2.45, 2.75) is 24.9 Å². The van der Waals surface area contributed by atoms with Crippen molar-refractivity contribution in [1.29, 1.82) is 0 Å². The summed E-state index contributed by atoms with van der Waals surface area (Å²) in [5.74, 6) is 0.399. The second-order valence-corrected chi connectivity index (χ2v) is 9.53. The van der Waals surface area contributed by atoms with Gasteiger partial charge < -0.3 is 10.1 Å². The topological polar surface area (TPSA) is 67.8 Å². The maximum atomic E-state index is 12.0. The predicted molar refractivity (Wildman–Crippen MR) is 102 cm³/mol. The summed E-state index contributed by atoms with van der Waals surface area (Å²) in [6, 6.07) is 7.77. The Kier molecular flexibility index (Phi) is 5.11. The molecule has 0 spiro atoms. The number of aliphatic imine (C=N–C) groups is 1. The van der Waals surface area contributed by atoms with E-state index >= 15 is 0 Å². The molecule has 2 heterocycles. The lowest BCUT2D eigenvalue weighted by Gasteiger charge is -2.33. The standard InChI is InChI=1S/C16H19BrN2O3S2/c1-24(20,21)15-14(23)18-16(19-15,10-11-5-7-22-8-6-11)12-3-2-4-13(17)9-12/h2-4,9,11H,5-8,10H2,1H3,(H,18,23). The van der Waals surface area contributed by atoms with Gasteiger partial charge in [0.1, 0.15) is 4.99 Å². The van der Waals surface area contributed by atoms with E-state index in [9.17, 15) is 8.42 Å². The first-order chi connectivity index (χ1) is 11.3. The number of rotatable bonds is 3. The summed E-state index contributed by atoms with van der Waals surface area (Å²) in [4.78, 5) is 4.79. The average Bonchev–Trinajstić information content (AvgIpc) is 2.86. The van der Waals surface area contributed by atoms with Gasteiger partial charge in [0.25, 0.3) is 0 Å². The van der Waals surface area contributed by atoms with Gasteiger partial charge >= 0.3 is 0 Å². The molecule has 1 N–H and O–H groups in total. The Bertz CT molecular complexity index is 788. The monoisotopic (exact) mass is 430 g/mol. The highest BCUT2D eigenvalue weighted by Gasteiger charge is 2.43. The van der Waals surface area contributed by atoms with Gasteiger partial charge in [0, 0.05) is 29.5 Å². The Morgan fingerprint density at radius 1 is 1.42 bits per heavy atom. The second kappa shape index (κ2) is 6.82. The van der Waals surface area contributed by atoms with Gasteiger partial charge in [-0.1, -0.05) is 40.3 Å². The first kappa shape index (κ1) is 18.0. The van der Waals surface area contributed by atoms with Crippen LogP contribution in [0.25, 0.3) is 0 Å². The van der Waals surface area contributed by atoms with Gasteiger partial charge in [-0.2, -0.15) is 0 Å². The summed E-state index contributed by atoms with van der Waals surface area (Å²) in [5.41, 5.74) is 0.0748. The third-order valence-corrected chi connectivity index (χ3v) is 6.30. The number of nitrogens with zero attached hydrogens (tertiary/aromatic N) is 1. The summed E-state index contributed by atoms with van der Waals surface area (Å²) in [6.45, 7) is 1.46. The van der Waals surface area contributed by atoms with Crippen molar-refractivity contribution in [3.8, 4) is 0 Å². The van der Waals surface area contributed by atoms with E-state index in [1.165, 1.54) is 0 Å². The van der Waals surface area contributed by atoms with Gasteiger partial charge in [-0.05, 0) is 37.3 Å². The zero-order chi connectivity index (χ0) is 17.4. The Morgan fingerprint density at radius 3 is 2.71 bits per heavy atom. The molecular weight excluding hydrogens is 412 g/mol. The number of halogens is 1. The van der Waals surface area contributed by atoms with Crippen molar-refractivity contribution >= 4 is 48.0 Å².